The molecule has 1 amide bonds. The van der Waals surface area contributed by atoms with Crippen LogP contribution in [-0.2, 0) is 14.6 Å². The van der Waals surface area contributed by atoms with Crippen LogP contribution in [0.5, 0.6) is 0 Å². The molecule has 0 aliphatic heterocycles. The fourth-order valence-corrected chi connectivity index (χ4v) is 3.12. The maximum absolute atomic E-state index is 12.3. The van der Waals surface area contributed by atoms with Crippen molar-refractivity contribution in [3.05, 3.63) is 23.8 Å². The second-order valence-corrected chi connectivity index (χ2v) is 6.70. The summed E-state index contributed by atoms with van der Waals surface area (Å²) in [7, 11) is -0.706. The van der Waals surface area contributed by atoms with Crippen LogP contribution in [0.25, 0.3) is 0 Å². The van der Waals surface area contributed by atoms with Crippen LogP contribution in [0, 0.1) is 6.92 Å². The first kappa shape index (κ1) is 14.5. The SMILES string of the molecule is Cc1ccc(S(=O)(=O)C(C)C(=O)N(C)C)c(N)c1. The molecule has 0 aromatic heterocycles. The molecular formula is C12H18N2O3S. The molecule has 0 spiro atoms. The Labute approximate surface area is 108 Å². The van der Waals surface area contributed by atoms with Gasteiger partial charge >= 0.3 is 0 Å². The van der Waals surface area contributed by atoms with Crippen molar-refractivity contribution in [2.75, 3.05) is 19.8 Å². The van der Waals surface area contributed by atoms with E-state index < -0.39 is 21.0 Å². The van der Waals surface area contributed by atoms with Gasteiger partial charge in [0.25, 0.3) is 0 Å². The zero-order chi connectivity index (χ0) is 14.1. The van der Waals surface area contributed by atoms with E-state index in [1.54, 1.807) is 12.1 Å². The number of hydrogen-bond acceptors (Lipinski definition) is 4. The number of benzene rings is 1. The summed E-state index contributed by atoms with van der Waals surface area (Å²) in [6.45, 7) is 3.19. The summed E-state index contributed by atoms with van der Waals surface area (Å²) in [4.78, 5) is 13.0. The topological polar surface area (TPSA) is 80.5 Å². The fraction of sp³-hybridized carbons (Fsp3) is 0.417. The molecule has 2 N–H and O–H groups in total. The largest absolute Gasteiger partial charge is 0.398 e. The van der Waals surface area contributed by atoms with Gasteiger partial charge < -0.3 is 10.6 Å². The third-order valence-electron chi connectivity index (χ3n) is 2.73. The summed E-state index contributed by atoms with van der Waals surface area (Å²) in [5, 5.41) is -1.14. The molecule has 0 bridgehead atoms. The fourth-order valence-electron chi connectivity index (χ4n) is 1.61. The zero-order valence-corrected chi connectivity index (χ0v) is 11.8. The zero-order valence-electron chi connectivity index (χ0n) is 11.0. The van der Waals surface area contributed by atoms with Crippen molar-refractivity contribution < 1.29 is 13.2 Å². The average Bonchev–Trinajstić information content (AvgIpc) is 2.26. The minimum absolute atomic E-state index is 0.0100. The van der Waals surface area contributed by atoms with Crippen molar-refractivity contribution in [3.63, 3.8) is 0 Å². The van der Waals surface area contributed by atoms with E-state index in [1.807, 2.05) is 6.92 Å². The molecule has 0 fully saturated rings. The number of nitrogens with two attached hydrogens (primary N) is 1. The number of anilines is 1. The third kappa shape index (κ3) is 2.64. The van der Waals surface area contributed by atoms with Crippen LogP contribution >= 0.6 is 0 Å². The number of carbonyl (C=O) groups excluding carboxylic acids is 1. The van der Waals surface area contributed by atoms with Gasteiger partial charge in [-0.05, 0) is 31.5 Å². The summed E-state index contributed by atoms with van der Waals surface area (Å²) >= 11 is 0. The summed E-state index contributed by atoms with van der Waals surface area (Å²) in [5.74, 6) is -0.463. The van der Waals surface area contributed by atoms with Gasteiger partial charge in [0.2, 0.25) is 5.91 Å². The quantitative estimate of drug-likeness (QED) is 0.825. The Morgan fingerprint density at radius 1 is 1.33 bits per heavy atom. The molecule has 0 saturated heterocycles. The van der Waals surface area contributed by atoms with Gasteiger partial charge in [-0.3, -0.25) is 4.79 Å². The molecule has 100 valence electrons. The summed E-state index contributed by atoms with van der Waals surface area (Å²) in [6.07, 6.45) is 0. The first-order valence-electron chi connectivity index (χ1n) is 5.49. The van der Waals surface area contributed by atoms with Crippen molar-refractivity contribution in [2.24, 2.45) is 0 Å². The Hall–Kier alpha value is -1.56. The lowest BCUT2D eigenvalue weighted by molar-refractivity contribution is -0.127. The van der Waals surface area contributed by atoms with Gasteiger partial charge in [0.1, 0.15) is 5.25 Å². The molecule has 1 aromatic rings. The van der Waals surface area contributed by atoms with Gasteiger partial charge in [-0.2, -0.15) is 0 Å². The van der Waals surface area contributed by atoms with Gasteiger partial charge in [0, 0.05) is 14.1 Å². The Kier molecular flexibility index (Phi) is 4.01. The molecule has 18 heavy (non-hydrogen) atoms. The van der Waals surface area contributed by atoms with Gasteiger partial charge in [-0.25, -0.2) is 8.42 Å². The highest BCUT2D eigenvalue weighted by atomic mass is 32.2. The van der Waals surface area contributed by atoms with Crippen LogP contribution < -0.4 is 5.73 Å². The van der Waals surface area contributed by atoms with E-state index in [0.717, 1.165) is 5.56 Å². The highest BCUT2D eigenvalue weighted by Crippen LogP contribution is 2.24. The highest BCUT2D eigenvalue weighted by molar-refractivity contribution is 7.93. The second-order valence-electron chi connectivity index (χ2n) is 4.46. The maximum atomic E-state index is 12.3. The molecule has 0 aliphatic rings. The third-order valence-corrected chi connectivity index (χ3v) is 4.84. The number of carbonyl (C=O) groups is 1. The lowest BCUT2D eigenvalue weighted by atomic mass is 10.2. The normalized spacial score (nSPS) is 13.1. The average molecular weight is 270 g/mol. The van der Waals surface area contributed by atoms with Crippen LogP contribution in [0.1, 0.15) is 12.5 Å². The van der Waals surface area contributed by atoms with Gasteiger partial charge in [-0.15, -0.1) is 0 Å². The Balaban J connectivity index is 3.26. The Bertz CT molecular complexity index is 565. The Morgan fingerprint density at radius 3 is 2.33 bits per heavy atom. The van der Waals surface area contributed by atoms with Crippen LogP contribution in [-0.4, -0.2) is 38.6 Å². The summed E-state index contributed by atoms with van der Waals surface area (Å²) in [5.41, 5.74) is 6.77. The molecule has 0 radical (unpaired) electrons. The van der Waals surface area contributed by atoms with E-state index in [-0.39, 0.29) is 10.6 Å². The summed E-state index contributed by atoms with van der Waals surface area (Å²) < 4.78 is 24.6. The lowest BCUT2D eigenvalue weighted by Gasteiger charge is -2.18. The maximum Gasteiger partial charge on any atom is 0.240 e. The van der Waals surface area contributed by atoms with E-state index in [0.29, 0.717) is 0 Å². The van der Waals surface area contributed by atoms with E-state index >= 15 is 0 Å². The molecule has 0 saturated carbocycles. The predicted octanol–water partition coefficient (Wildman–Crippen LogP) is 0.828. The molecule has 1 unspecified atom stereocenters. The van der Waals surface area contributed by atoms with Crippen molar-refractivity contribution in [3.8, 4) is 0 Å². The predicted molar refractivity (Wildman–Crippen MR) is 70.9 cm³/mol. The van der Waals surface area contributed by atoms with Gasteiger partial charge in [0.15, 0.2) is 9.84 Å². The van der Waals surface area contributed by atoms with Gasteiger partial charge in [-0.1, -0.05) is 6.07 Å². The van der Waals surface area contributed by atoms with Crippen LogP contribution in [0.3, 0.4) is 0 Å². The first-order valence-corrected chi connectivity index (χ1v) is 7.03. The number of aryl methyl sites for hydroxylation is 1. The minimum Gasteiger partial charge on any atom is -0.398 e. The van der Waals surface area contributed by atoms with Crippen molar-refractivity contribution >= 4 is 21.4 Å². The second kappa shape index (κ2) is 4.97. The molecule has 5 nitrogen and oxygen atoms in total. The van der Waals surface area contributed by atoms with Crippen molar-refractivity contribution in [1.82, 2.24) is 4.90 Å². The molecule has 1 atom stereocenters. The smallest absolute Gasteiger partial charge is 0.240 e. The standard InChI is InChI=1S/C12H18N2O3S/c1-8-5-6-11(10(13)7-8)18(16,17)9(2)12(15)14(3)4/h5-7,9H,13H2,1-4H3. The monoisotopic (exact) mass is 270 g/mol. The highest BCUT2D eigenvalue weighted by Gasteiger charge is 2.32. The summed E-state index contributed by atoms with van der Waals surface area (Å²) in [6, 6.07) is 4.69. The number of rotatable bonds is 3. The van der Waals surface area contributed by atoms with E-state index in [9.17, 15) is 13.2 Å². The molecule has 0 heterocycles. The van der Waals surface area contributed by atoms with E-state index in [4.69, 9.17) is 5.73 Å². The van der Waals surface area contributed by atoms with E-state index in [2.05, 4.69) is 0 Å². The molecule has 1 rings (SSSR count). The first-order chi connectivity index (χ1) is 8.17. The van der Waals surface area contributed by atoms with Crippen molar-refractivity contribution in [1.29, 1.82) is 0 Å². The van der Waals surface area contributed by atoms with Crippen molar-refractivity contribution in [2.45, 2.75) is 24.0 Å². The molecule has 1 aromatic carbocycles. The molecular weight excluding hydrogens is 252 g/mol. The Morgan fingerprint density at radius 2 is 1.89 bits per heavy atom. The number of hydrogen-bond donors (Lipinski definition) is 1. The van der Waals surface area contributed by atoms with E-state index in [1.165, 1.54) is 32.0 Å². The molecule has 6 heteroatoms. The molecule has 0 aliphatic carbocycles. The van der Waals surface area contributed by atoms with Gasteiger partial charge in [0.05, 0.1) is 10.6 Å². The number of nitrogen functional groups attached to an aromatic ring is 1. The van der Waals surface area contributed by atoms with Crippen LogP contribution in [0.2, 0.25) is 0 Å². The number of sulfone groups is 1. The minimum atomic E-state index is -3.75. The van der Waals surface area contributed by atoms with Crippen LogP contribution in [0.15, 0.2) is 23.1 Å². The number of amides is 1. The lowest BCUT2D eigenvalue weighted by Crippen LogP contribution is -2.37. The van der Waals surface area contributed by atoms with Crippen LogP contribution in [0.4, 0.5) is 5.69 Å². The number of nitrogens with zero attached hydrogens (tertiary/aromatic N) is 1.